The summed E-state index contributed by atoms with van der Waals surface area (Å²) in [5.74, 6) is 0.0311. The summed E-state index contributed by atoms with van der Waals surface area (Å²) < 4.78 is 5.74. The summed E-state index contributed by atoms with van der Waals surface area (Å²) in [6, 6.07) is 4.81. The van der Waals surface area contributed by atoms with Crippen LogP contribution in [0.4, 0.5) is 5.69 Å². The first-order valence-corrected chi connectivity index (χ1v) is 5.79. The van der Waals surface area contributed by atoms with Crippen molar-refractivity contribution in [3.05, 3.63) is 23.8 Å². The number of amides is 1. The average Bonchev–Trinajstić information content (AvgIpc) is 2.17. The van der Waals surface area contributed by atoms with Crippen molar-refractivity contribution in [1.29, 1.82) is 0 Å². The molecule has 0 aliphatic rings. The number of rotatable bonds is 3. The summed E-state index contributed by atoms with van der Waals surface area (Å²) in [5.41, 5.74) is 11.2. The van der Waals surface area contributed by atoms with Crippen molar-refractivity contribution in [2.45, 2.75) is 26.4 Å². The molecule has 0 saturated heterocycles. The molecule has 0 fully saturated rings. The third-order valence-corrected chi connectivity index (χ3v) is 2.04. The average molecular weight is 267 g/mol. The lowest BCUT2D eigenvalue weighted by molar-refractivity contribution is 0.1000. The van der Waals surface area contributed by atoms with Gasteiger partial charge in [0.15, 0.2) is 5.11 Å². The summed E-state index contributed by atoms with van der Waals surface area (Å²) in [5, 5.41) is 2.86. The van der Waals surface area contributed by atoms with Gasteiger partial charge in [-0.25, -0.2) is 0 Å². The molecule has 5 N–H and O–H groups in total. The van der Waals surface area contributed by atoms with E-state index in [9.17, 15) is 4.79 Å². The molecule has 0 saturated carbocycles. The lowest BCUT2D eigenvalue weighted by Crippen LogP contribution is -2.25. The molecule has 6 heteroatoms. The second-order valence-electron chi connectivity index (χ2n) is 4.78. The third-order valence-electron chi connectivity index (χ3n) is 1.94. The number of primary amides is 1. The smallest absolute Gasteiger partial charge is 0.248 e. The summed E-state index contributed by atoms with van der Waals surface area (Å²) >= 11 is 4.78. The first-order valence-electron chi connectivity index (χ1n) is 5.38. The number of ether oxygens (including phenoxy) is 1. The molecule has 0 radical (unpaired) electrons. The monoisotopic (exact) mass is 267 g/mol. The van der Waals surface area contributed by atoms with E-state index < -0.39 is 5.91 Å². The van der Waals surface area contributed by atoms with Gasteiger partial charge in [-0.15, -0.1) is 0 Å². The maximum absolute atomic E-state index is 11.1. The van der Waals surface area contributed by atoms with Crippen molar-refractivity contribution in [2.24, 2.45) is 11.5 Å². The number of thiocarbonyl (C=S) groups is 1. The van der Waals surface area contributed by atoms with Crippen molar-refractivity contribution in [3.8, 4) is 5.75 Å². The minimum Gasteiger partial charge on any atom is -0.486 e. The fraction of sp³-hybridized carbons (Fsp3) is 0.333. The van der Waals surface area contributed by atoms with Crippen molar-refractivity contribution in [1.82, 2.24) is 0 Å². The van der Waals surface area contributed by atoms with E-state index in [1.54, 1.807) is 18.2 Å². The largest absolute Gasteiger partial charge is 0.486 e. The molecule has 0 heterocycles. The van der Waals surface area contributed by atoms with Crippen LogP contribution < -0.4 is 21.5 Å². The zero-order valence-electron chi connectivity index (χ0n) is 10.6. The fourth-order valence-electron chi connectivity index (χ4n) is 1.33. The third kappa shape index (κ3) is 4.21. The molecule has 98 valence electrons. The van der Waals surface area contributed by atoms with Crippen LogP contribution in [0.1, 0.15) is 31.1 Å². The lowest BCUT2D eigenvalue weighted by Gasteiger charge is -2.23. The number of benzene rings is 1. The van der Waals surface area contributed by atoms with Crippen LogP contribution in [-0.2, 0) is 0 Å². The predicted octanol–water partition coefficient (Wildman–Crippen LogP) is 1.62. The second-order valence-corrected chi connectivity index (χ2v) is 5.22. The summed E-state index contributed by atoms with van der Waals surface area (Å²) in [6.07, 6.45) is 0. The molecule has 0 aromatic heterocycles. The molecule has 1 aromatic carbocycles. The Balaban J connectivity index is 3.16. The van der Waals surface area contributed by atoms with E-state index in [1.165, 1.54) is 0 Å². The highest BCUT2D eigenvalue weighted by atomic mass is 32.1. The van der Waals surface area contributed by atoms with Gasteiger partial charge >= 0.3 is 0 Å². The number of hydrogen-bond acceptors (Lipinski definition) is 3. The van der Waals surface area contributed by atoms with Gasteiger partial charge < -0.3 is 21.5 Å². The van der Waals surface area contributed by atoms with Crippen LogP contribution in [0.2, 0.25) is 0 Å². The quantitative estimate of drug-likeness (QED) is 0.724. The topological polar surface area (TPSA) is 90.4 Å². The molecule has 0 atom stereocenters. The van der Waals surface area contributed by atoms with Crippen LogP contribution >= 0.6 is 12.2 Å². The van der Waals surface area contributed by atoms with E-state index in [0.29, 0.717) is 17.0 Å². The van der Waals surface area contributed by atoms with Crippen molar-refractivity contribution < 1.29 is 9.53 Å². The van der Waals surface area contributed by atoms with E-state index >= 15 is 0 Å². The minimum atomic E-state index is -0.525. The van der Waals surface area contributed by atoms with Gasteiger partial charge in [0.1, 0.15) is 11.4 Å². The summed E-state index contributed by atoms with van der Waals surface area (Å²) in [4.78, 5) is 11.1. The Labute approximate surface area is 111 Å². The number of hydrogen-bond donors (Lipinski definition) is 3. The summed E-state index contributed by atoms with van der Waals surface area (Å²) in [7, 11) is 0. The van der Waals surface area contributed by atoms with Crippen LogP contribution in [0.25, 0.3) is 0 Å². The molecule has 0 spiro atoms. The van der Waals surface area contributed by atoms with Crippen LogP contribution in [0.15, 0.2) is 18.2 Å². The maximum atomic E-state index is 11.1. The molecule has 0 aliphatic heterocycles. The molecular weight excluding hydrogens is 250 g/mol. The van der Waals surface area contributed by atoms with Gasteiger partial charge in [-0.1, -0.05) is 0 Å². The van der Waals surface area contributed by atoms with E-state index in [1.807, 2.05) is 20.8 Å². The highest BCUT2D eigenvalue weighted by molar-refractivity contribution is 7.80. The number of carbonyl (C=O) groups excluding carboxylic acids is 1. The molecule has 18 heavy (non-hydrogen) atoms. The Bertz CT molecular complexity index is 481. The van der Waals surface area contributed by atoms with Crippen LogP contribution in [0, 0.1) is 0 Å². The number of anilines is 1. The van der Waals surface area contributed by atoms with Gasteiger partial charge in [0.05, 0.1) is 5.69 Å². The van der Waals surface area contributed by atoms with Crippen molar-refractivity contribution >= 4 is 28.9 Å². The van der Waals surface area contributed by atoms with Gasteiger partial charge in [0.2, 0.25) is 5.91 Å². The number of carbonyl (C=O) groups is 1. The summed E-state index contributed by atoms with van der Waals surface area (Å²) in [6.45, 7) is 5.75. The molecule has 1 rings (SSSR count). The standard InChI is InChI=1S/C12H17N3O2S/c1-12(2,3)17-9-5-4-7(10(13)16)6-8(9)15-11(14)18/h4-6H,1-3H3,(H2,13,16)(H3,14,15,18). The van der Waals surface area contributed by atoms with E-state index in [-0.39, 0.29) is 10.7 Å². The van der Waals surface area contributed by atoms with Crippen molar-refractivity contribution in [2.75, 3.05) is 5.32 Å². The Morgan fingerprint density at radius 2 is 1.94 bits per heavy atom. The highest BCUT2D eigenvalue weighted by Crippen LogP contribution is 2.29. The highest BCUT2D eigenvalue weighted by Gasteiger charge is 2.16. The molecule has 1 amide bonds. The number of nitrogens with two attached hydrogens (primary N) is 2. The molecular formula is C12H17N3O2S. The van der Waals surface area contributed by atoms with E-state index in [4.69, 9.17) is 28.4 Å². The zero-order valence-corrected chi connectivity index (χ0v) is 11.4. The van der Waals surface area contributed by atoms with Gasteiger partial charge in [-0.3, -0.25) is 4.79 Å². The lowest BCUT2D eigenvalue weighted by atomic mass is 10.1. The number of nitrogens with one attached hydrogen (secondary N) is 1. The first kappa shape index (κ1) is 14.2. The van der Waals surface area contributed by atoms with Gasteiger partial charge in [0.25, 0.3) is 0 Å². The van der Waals surface area contributed by atoms with Crippen LogP contribution in [0.3, 0.4) is 0 Å². The second kappa shape index (κ2) is 5.22. The Kier molecular flexibility index (Phi) is 4.13. The Morgan fingerprint density at radius 1 is 1.33 bits per heavy atom. The van der Waals surface area contributed by atoms with E-state index in [0.717, 1.165) is 0 Å². The maximum Gasteiger partial charge on any atom is 0.248 e. The van der Waals surface area contributed by atoms with Gasteiger partial charge in [-0.2, -0.15) is 0 Å². The van der Waals surface area contributed by atoms with Gasteiger partial charge in [-0.05, 0) is 51.2 Å². The van der Waals surface area contributed by atoms with Crippen molar-refractivity contribution in [3.63, 3.8) is 0 Å². The molecule has 0 bridgehead atoms. The first-order chi connectivity index (χ1) is 8.19. The molecule has 0 unspecified atom stereocenters. The Hall–Kier alpha value is -1.82. The van der Waals surface area contributed by atoms with Crippen LogP contribution in [-0.4, -0.2) is 16.6 Å². The molecule has 1 aromatic rings. The fourth-order valence-corrected chi connectivity index (χ4v) is 1.44. The predicted molar refractivity (Wildman–Crippen MR) is 75.7 cm³/mol. The zero-order chi connectivity index (χ0) is 13.9. The van der Waals surface area contributed by atoms with E-state index in [2.05, 4.69) is 5.32 Å². The van der Waals surface area contributed by atoms with Gasteiger partial charge in [0, 0.05) is 5.56 Å². The molecule has 5 nitrogen and oxygen atoms in total. The van der Waals surface area contributed by atoms with Crippen LogP contribution in [0.5, 0.6) is 5.75 Å². The Morgan fingerprint density at radius 3 is 2.39 bits per heavy atom. The minimum absolute atomic E-state index is 0.0929. The normalized spacial score (nSPS) is 10.8. The SMILES string of the molecule is CC(C)(C)Oc1ccc(C(N)=O)cc1NC(N)=S. The molecule has 0 aliphatic carbocycles.